The number of imidazole rings is 1. The van der Waals surface area contributed by atoms with Gasteiger partial charge in [0, 0.05) is 31.7 Å². The number of halogens is 3. The molecule has 0 saturated heterocycles. The van der Waals surface area contributed by atoms with Crippen LogP contribution >= 0.6 is 0 Å². The summed E-state index contributed by atoms with van der Waals surface area (Å²) in [5.41, 5.74) is 1.37. The average Bonchev–Trinajstić information content (AvgIpc) is 2.95. The summed E-state index contributed by atoms with van der Waals surface area (Å²) in [5, 5.41) is 3.09. The highest BCUT2D eigenvalue weighted by Crippen LogP contribution is 2.36. The maximum absolute atomic E-state index is 13.2. The SMILES string of the molecule is CC1CCCC1Cn1c(C(F)(F)F)nc2c1CCNC2. The lowest BCUT2D eigenvalue weighted by Gasteiger charge is -2.22. The number of nitrogens with one attached hydrogen (secondary N) is 1. The highest BCUT2D eigenvalue weighted by molar-refractivity contribution is 5.21. The van der Waals surface area contributed by atoms with Crippen molar-refractivity contribution < 1.29 is 13.2 Å². The van der Waals surface area contributed by atoms with E-state index in [0.29, 0.717) is 37.0 Å². The van der Waals surface area contributed by atoms with E-state index in [4.69, 9.17) is 0 Å². The Bertz CT molecular complexity index is 493. The third-order valence-corrected chi connectivity index (χ3v) is 4.70. The number of nitrogens with zero attached hydrogens (tertiary/aromatic N) is 2. The van der Waals surface area contributed by atoms with E-state index >= 15 is 0 Å². The molecule has 20 heavy (non-hydrogen) atoms. The van der Waals surface area contributed by atoms with Crippen molar-refractivity contribution >= 4 is 0 Å². The molecular formula is C14H20F3N3. The fourth-order valence-corrected chi connectivity index (χ4v) is 3.51. The highest BCUT2D eigenvalue weighted by atomic mass is 19.4. The Hall–Kier alpha value is -1.04. The molecule has 1 aliphatic heterocycles. The molecule has 2 aliphatic rings. The second kappa shape index (κ2) is 5.06. The lowest BCUT2D eigenvalue weighted by atomic mass is 9.98. The zero-order chi connectivity index (χ0) is 14.3. The van der Waals surface area contributed by atoms with Crippen molar-refractivity contribution in [2.75, 3.05) is 6.54 Å². The van der Waals surface area contributed by atoms with Crippen molar-refractivity contribution in [1.82, 2.24) is 14.9 Å². The quantitative estimate of drug-likeness (QED) is 0.906. The van der Waals surface area contributed by atoms with Gasteiger partial charge in [0.05, 0.1) is 5.69 Å². The van der Waals surface area contributed by atoms with Crippen LogP contribution in [0.25, 0.3) is 0 Å². The molecule has 0 amide bonds. The van der Waals surface area contributed by atoms with Crippen LogP contribution in [0, 0.1) is 11.8 Å². The summed E-state index contributed by atoms with van der Waals surface area (Å²) in [6.45, 7) is 3.80. The van der Waals surface area contributed by atoms with E-state index in [1.54, 1.807) is 0 Å². The van der Waals surface area contributed by atoms with Gasteiger partial charge in [-0.05, 0) is 18.3 Å². The largest absolute Gasteiger partial charge is 0.449 e. The summed E-state index contributed by atoms with van der Waals surface area (Å²) in [5.74, 6) is 0.158. The first-order valence-electron chi connectivity index (χ1n) is 7.33. The average molecular weight is 287 g/mol. The minimum Gasteiger partial charge on any atom is -0.324 e. The van der Waals surface area contributed by atoms with Crippen molar-refractivity contribution in [1.29, 1.82) is 0 Å². The third-order valence-electron chi connectivity index (χ3n) is 4.70. The molecule has 0 bridgehead atoms. The first kappa shape index (κ1) is 13.9. The molecule has 2 atom stereocenters. The van der Waals surface area contributed by atoms with E-state index in [9.17, 15) is 13.2 Å². The third kappa shape index (κ3) is 2.45. The van der Waals surface area contributed by atoms with Gasteiger partial charge in [0.1, 0.15) is 0 Å². The Labute approximate surface area is 116 Å². The van der Waals surface area contributed by atoms with Crippen LogP contribution in [-0.4, -0.2) is 16.1 Å². The number of aromatic nitrogens is 2. The van der Waals surface area contributed by atoms with Crippen LogP contribution in [0.2, 0.25) is 0 Å². The zero-order valence-corrected chi connectivity index (χ0v) is 11.6. The van der Waals surface area contributed by atoms with Crippen molar-refractivity contribution in [3.8, 4) is 0 Å². The summed E-state index contributed by atoms with van der Waals surface area (Å²) >= 11 is 0. The van der Waals surface area contributed by atoms with Crippen LogP contribution in [0.15, 0.2) is 0 Å². The van der Waals surface area contributed by atoms with Crippen molar-refractivity contribution in [2.24, 2.45) is 11.8 Å². The Balaban J connectivity index is 1.96. The van der Waals surface area contributed by atoms with Gasteiger partial charge < -0.3 is 9.88 Å². The predicted molar refractivity (Wildman–Crippen MR) is 69.1 cm³/mol. The monoisotopic (exact) mass is 287 g/mol. The van der Waals surface area contributed by atoms with Gasteiger partial charge in [0.25, 0.3) is 0 Å². The standard InChI is InChI=1S/C14H20F3N3/c1-9-3-2-4-10(9)8-20-12-5-6-18-7-11(12)19-13(20)14(15,16)17/h9-10,18H,2-8H2,1H3. The molecule has 1 fully saturated rings. The molecule has 6 heteroatoms. The van der Waals surface area contributed by atoms with Gasteiger partial charge in [0.2, 0.25) is 5.82 Å². The Kier molecular flexibility index (Phi) is 3.52. The number of rotatable bonds is 2. The normalized spacial score (nSPS) is 26.8. The topological polar surface area (TPSA) is 29.9 Å². The molecule has 3 rings (SSSR count). The van der Waals surface area contributed by atoms with Crippen LogP contribution in [-0.2, 0) is 25.7 Å². The van der Waals surface area contributed by atoms with Crippen LogP contribution in [0.1, 0.15) is 43.4 Å². The van der Waals surface area contributed by atoms with Gasteiger partial charge in [-0.25, -0.2) is 4.98 Å². The Morgan fingerprint density at radius 3 is 2.80 bits per heavy atom. The number of hydrogen-bond donors (Lipinski definition) is 1. The second-order valence-electron chi connectivity index (χ2n) is 6.03. The van der Waals surface area contributed by atoms with Gasteiger partial charge in [-0.2, -0.15) is 13.2 Å². The van der Waals surface area contributed by atoms with Gasteiger partial charge in [-0.15, -0.1) is 0 Å². The molecule has 1 aromatic heterocycles. The predicted octanol–water partition coefficient (Wildman–Crippen LogP) is 2.98. The van der Waals surface area contributed by atoms with Crippen molar-refractivity contribution in [3.63, 3.8) is 0 Å². The minimum absolute atomic E-state index is 0.351. The van der Waals surface area contributed by atoms with Crippen LogP contribution in [0.4, 0.5) is 13.2 Å². The summed E-state index contributed by atoms with van der Waals surface area (Å²) in [6.07, 6.45) is -0.432. The molecule has 112 valence electrons. The lowest BCUT2D eigenvalue weighted by Crippen LogP contribution is -2.27. The van der Waals surface area contributed by atoms with Gasteiger partial charge in [0.15, 0.2) is 0 Å². The smallest absolute Gasteiger partial charge is 0.324 e. The van der Waals surface area contributed by atoms with Crippen LogP contribution in [0.3, 0.4) is 0 Å². The zero-order valence-electron chi connectivity index (χ0n) is 11.6. The van der Waals surface area contributed by atoms with Crippen LogP contribution in [0.5, 0.6) is 0 Å². The van der Waals surface area contributed by atoms with Crippen LogP contribution < -0.4 is 5.32 Å². The molecule has 3 nitrogen and oxygen atoms in total. The summed E-state index contributed by atoms with van der Waals surface area (Å²) < 4.78 is 41.1. The molecule has 0 aromatic carbocycles. The number of fused-ring (bicyclic) bond motifs is 1. The van der Waals surface area contributed by atoms with Crippen molar-refractivity contribution in [3.05, 3.63) is 17.2 Å². The van der Waals surface area contributed by atoms with Gasteiger partial charge in [-0.1, -0.05) is 19.8 Å². The molecule has 1 aliphatic carbocycles. The lowest BCUT2D eigenvalue weighted by molar-refractivity contribution is -0.147. The van der Waals surface area contributed by atoms with E-state index in [1.165, 1.54) is 4.57 Å². The van der Waals surface area contributed by atoms with E-state index in [1.807, 2.05) is 0 Å². The van der Waals surface area contributed by atoms with E-state index in [-0.39, 0.29) is 0 Å². The number of hydrogen-bond acceptors (Lipinski definition) is 2. The minimum atomic E-state index is -4.36. The molecular weight excluding hydrogens is 267 g/mol. The van der Waals surface area contributed by atoms with E-state index in [0.717, 1.165) is 31.5 Å². The van der Waals surface area contributed by atoms with E-state index < -0.39 is 12.0 Å². The molecule has 2 heterocycles. The molecule has 1 N–H and O–H groups in total. The summed E-state index contributed by atoms with van der Waals surface area (Å²) in [6, 6.07) is 0. The molecule has 1 aromatic rings. The fourth-order valence-electron chi connectivity index (χ4n) is 3.51. The molecule has 2 unspecified atom stereocenters. The second-order valence-corrected chi connectivity index (χ2v) is 6.03. The maximum atomic E-state index is 13.2. The Morgan fingerprint density at radius 2 is 2.15 bits per heavy atom. The molecule has 0 radical (unpaired) electrons. The molecule has 0 spiro atoms. The first-order valence-corrected chi connectivity index (χ1v) is 7.33. The highest BCUT2D eigenvalue weighted by Gasteiger charge is 2.40. The van der Waals surface area contributed by atoms with Crippen molar-refractivity contribution in [2.45, 2.75) is 51.9 Å². The Morgan fingerprint density at radius 1 is 1.35 bits per heavy atom. The first-order chi connectivity index (χ1) is 9.47. The summed E-state index contributed by atoms with van der Waals surface area (Å²) in [7, 11) is 0. The fraction of sp³-hybridized carbons (Fsp3) is 0.786. The number of alkyl halides is 3. The summed E-state index contributed by atoms with van der Waals surface area (Å²) in [4.78, 5) is 3.86. The van der Waals surface area contributed by atoms with E-state index in [2.05, 4.69) is 17.2 Å². The van der Waals surface area contributed by atoms with Gasteiger partial charge in [-0.3, -0.25) is 0 Å². The molecule has 1 saturated carbocycles. The van der Waals surface area contributed by atoms with Gasteiger partial charge >= 0.3 is 6.18 Å². The maximum Gasteiger partial charge on any atom is 0.449 e.